The molecule has 0 bridgehead atoms. The number of hydrogen-bond donors (Lipinski definition) is 2. The monoisotopic (exact) mass is 501 g/mol. The van der Waals surface area contributed by atoms with E-state index in [1.807, 2.05) is 16.8 Å². The minimum Gasteiger partial charge on any atom is -0.457 e. The number of halogens is 1. The first kappa shape index (κ1) is 24.4. The molecule has 2 aromatic carbocycles. The Morgan fingerprint density at radius 1 is 1.05 bits per heavy atom. The second-order valence-corrected chi connectivity index (χ2v) is 9.25. The van der Waals surface area contributed by atoms with Crippen molar-refractivity contribution < 1.29 is 18.7 Å². The number of ether oxygens (including phenoxy) is 1. The number of benzene rings is 2. The molecule has 2 amide bonds. The summed E-state index contributed by atoms with van der Waals surface area (Å²) in [5, 5.41) is 8.20. The highest BCUT2D eigenvalue weighted by Gasteiger charge is 2.35. The fourth-order valence-corrected chi connectivity index (χ4v) is 5.17. The highest BCUT2D eigenvalue weighted by Crippen LogP contribution is 2.40. The maximum atomic E-state index is 13.2. The molecule has 1 aromatic heterocycles. The Morgan fingerprint density at radius 3 is 2.32 bits per heavy atom. The highest BCUT2D eigenvalue weighted by molar-refractivity contribution is 6.03. The van der Waals surface area contributed by atoms with Crippen molar-refractivity contribution in [1.82, 2.24) is 14.7 Å². The number of nitrogens with zero attached hydrogens (tertiary/aromatic N) is 3. The van der Waals surface area contributed by atoms with Crippen molar-refractivity contribution in [2.75, 3.05) is 25.0 Å². The van der Waals surface area contributed by atoms with E-state index in [4.69, 9.17) is 15.6 Å². The van der Waals surface area contributed by atoms with Gasteiger partial charge in [0, 0.05) is 25.2 Å². The van der Waals surface area contributed by atoms with Crippen molar-refractivity contribution in [3.05, 3.63) is 59.9 Å². The number of likely N-dealkylation sites (tertiary alicyclic amines) is 1. The number of piperidine rings is 1. The Kier molecular flexibility index (Phi) is 6.82. The standard InChI is InChI=1S/C28H28FN5O3/c1-2-3-24(35)33-16-13-18(14-17-33)23-12-15-31-28-25(27(30)36)26(32-34(23)28)19-4-8-21(9-5-19)37-22-10-6-20(29)7-11-22/h4-11,18,23,31H,12-17H2,1H3,(H2,30,36). The lowest BCUT2D eigenvalue weighted by Crippen LogP contribution is -2.41. The number of amides is 2. The van der Waals surface area contributed by atoms with Gasteiger partial charge in [0.2, 0.25) is 0 Å². The minimum atomic E-state index is -0.547. The predicted molar refractivity (Wildman–Crippen MR) is 138 cm³/mol. The van der Waals surface area contributed by atoms with Crippen LogP contribution in [-0.4, -0.2) is 46.1 Å². The predicted octanol–water partition coefficient (Wildman–Crippen LogP) is 4.20. The Balaban J connectivity index is 1.39. The molecule has 1 atom stereocenters. The number of aromatic nitrogens is 2. The zero-order valence-corrected chi connectivity index (χ0v) is 20.5. The van der Waals surface area contributed by atoms with Crippen LogP contribution in [0.1, 0.15) is 42.6 Å². The molecule has 1 fully saturated rings. The van der Waals surface area contributed by atoms with E-state index >= 15 is 0 Å². The van der Waals surface area contributed by atoms with Gasteiger partial charge in [0.05, 0.1) is 6.04 Å². The molecule has 3 heterocycles. The molecule has 0 radical (unpaired) electrons. The molecular weight excluding hydrogens is 473 g/mol. The zero-order valence-electron chi connectivity index (χ0n) is 20.5. The smallest absolute Gasteiger partial charge is 0.298 e. The van der Waals surface area contributed by atoms with Crippen molar-refractivity contribution in [2.24, 2.45) is 11.7 Å². The molecule has 1 saturated heterocycles. The first-order valence-corrected chi connectivity index (χ1v) is 12.4. The first-order chi connectivity index (χ1) is 17.9. The number of carbonyl (C=O) groups is 2. The quantitative estimate of drug-likeness (QED) is 0.510. The van der Waals surface area contributed by atoms with Crippen molar-refractivity contribution in [3.63, 3.8) is 0 Å². The van der Waals surface area contributed by atoms with Gasteiger partial charge in [0.15, 0.2) is 0 Å². The van der Waals surface area contributed by atoms with Crippen LogP contribution in [0, 0.1) is 23.6 Å². The van der Waals surface area contributed by atoms with Crippen LogP contribution in [0.5, 0.6) is 11.5 Å². The summed E-state index contributed by atoms with van der Waals surface area (Å²) < 4.78 is 20.9. The maximum absolute atomic E-state index is 13.2. The second-order valence-electron chi connectivity index (χ2n) is 9.25. The zero-order chi connectivity index (χ0) is 25.9. The van der Waals surface area contributed by atoms with Crippen LogP contribution in [-0.2, 0) is 4.79 Å². The molecular formula is C28H28FN5O3. The largest absolute Gasteiger partial charge is 0.457 e. The van der Waals surface area contributed by atoms with Gasteiger partial charge in [-0.3, -0.25) is 9.59 Å². The van der Waals surface area contributed by atoms with E-state index in [-0.39, 0.29) is 17.8 Å². The SMILES string of the molecule is CC#CC(=O)N1CCC(C2CCNc3c(C(N)=O)c(-c4ccc(Oc5ccc(F)cc5)cc4)nn32)CC1. The van der Waals surface area contributed by atoms with Gasteiger partial charge in [-0.1, -0.05) is 5.92 Å². The lowest BCUT2D eigenvalue weighted by Gasteiger charge is -2.37. The van der Waals surface area contributed by atoms with Crippen LogP contribution in [0.15, 0.2) is 48.5 Å². The normalized spacial score (nSPS) is 17.2. The molecule has 2 aliphatic heterocycles. The van der Waals surface area contributed by atoms with Gasteiger partial charge in [0.1, 0.15) is 34.4 Å². The highest BCUT2D eigenvalue weighted by atomic mass is 19.1. The molecule has 8 nitrogen and oxygen atoms in total. The van der Waals surface area contributed by atoms with E-state index in [1.54, 1.807) is 36.1 Å². The molecule has 37 heavy (non-hydrogen) atoms. The molecule has 3 N–H and O–H groups in total. The van der Waals surface area contributed by atoms with Crippen LogP contribution in [0.4, 0.5) is 10.2 Å². The third kappa shape index (κ3) is 5.00. The summed E-state index contributed by atoms with van der Waals surface area (Å²) in [4.78, 5) is 26.5. The number of nitrogens with one attached hydrogen (secondary N) is 1. The van der Waals surface area contributed by atoms with Gasteiger partial charge in [-0.15, -0.1) is 0 Å². The van der Waals surface area contributed by atoms with Crippen LogP contribution in [0.25, 0.3) is 11.3 Å². The average molecular weight is 502 g/mol. The molecule has 1 unspecified atom stereocenters. The summed E-state index contributed by atoms with van der Waals surface area (Å²) in [6, 6.07) is 13.1. The third-order valence-electron chi connectivity index (χ3n) is 6.98. The molecule has 5 rings (SSSR count). The third-order valence-corrected chi connectivity index (χ3v) is 6.98. The van der Waals surface area contributed by atoms with Crippen LogP contribution < -0.4 is 15.8 Å². The molecule has 190 valence electrons. The summed E-state index contributed by atoms with van der Waals surface area (Å²) >= 11 is 0. The Hall–Kier alpha value is -4.32. The number of primary amides is 1. The van der Waals surface area contributed by atoms with Gasteiger partial charge in [0.25, 0.3) is 11.8 Å². The average Bonchev–Trinajstić information content (AvgIpc) is 3.31. The fourth-order valence-electron chi connectivity index (χ4n) is 5.17. The number of carbonyl (C=O) groups excluding carboxylic acids is 2. The van der Waals surface area contributed by atoms with E-state index in [1.165, 1.54) is 12.1 Å². The lowest BCUT2D eigenvalue weighted by molar-refractivity contribution is -0.126. The van der Waals surface area contributed by atoms with Gasteiger partial charge < -0.3 is 20.7 Å². The lowest BCUT2D eigenvalue weighted by atomic mass is 9.87. The van der Waals surface area contributed by atoms with Crippen molar-refractivity contribution >= 4 is 17.6 Å². The second kappa shape index (κ2) is 10.3. The molecule has 3 aromatic rings. The molecule has 0 aliphatic carbocycles. The van der Waals surface area contributed by atoms with E-state index < -0.39 is 5.91 Å². The van der Waals surface area contributed by atoms with Crippen LogP contribution in [0.2, 0.25) is 0 Å². The van der Waals surface area contributed by atoms with E-state index in [0.717, 1.165) is 24.8 Å². The maximum Gasteiger partial charge on any atom is 0.298 e. The van der Waals surface area contributed by atoms with Gasteiger partial charge in [-0.2, -0.15) is 5.10 Å². The Labute approximate surface area is 214 Å². The number of hydrogen-bond acceptors (Lipinski definition) is 5. The van der Waals surface area contributed by atoms with Crippen molar-refractivity contribution in [3.8, 4) is 34.6 Å². The Bertz CT molecular complexity index is 1360. The molecule has 2 aliphatic rings. The number of nitrogens with two attached hydrogens (primary N) is 1. The molecule has 9 heteroatoms. The van der Waals surface area contributed by atoms with Crippen LogP contribution >= 0.6 is 0 Å². The summed E-state index contributed by atoms with van der Waals surface area (Å²) in [5.41, 5.74) is 7.44. The summed E-state index contributed by atoms with van der Waals surface area (Å²) in [6.07, 6.45) is 2.56. The fraction of sp³-hybridized carbons (Fsp3) is 0.321. The topological polar surface area (TPSA) is 102 Å². The van der Waals surface area contributed by atoms with Crippen molar-refractivity contribution in [2.45, 2.75) is 32.2 Å². The van der Waals surface area contributed by atoms with Gasteiger partial charge in [-0.25, -0.2) is 9.07 Å². The number of fused-ring (bicyclic) bond motifs is 1. The van der Waals surface area contributed by atoms with E-state index in [9.17, 15) is 14.0 Å². The Morgan fingerprint density at radius 2 is 1.70 bits per heavy atom. The first-order valence-electron chi connectivity index (χ1n) is 12.4. The van der Waals surface area contributed by atoms with E-state index in [2.05, 4.69) is 17.2 Å². The van der Waals surface area contributed by atoms with Gasteiger partial charge >= 0.3 is 0 Å². The number of anilines is 1. The van der Waals surface area contributed by atoms with Gasteiger partial charge in [-0.05, 0) is 86.6 Å². The summed E-state index contributed by atoms with van der Waals surface area (Å²) in [5.74, 6) is 6.34. The van der Waals surface area contributed by atoms with Crippen LogP contribution in [0.3, 0.4) is 0 Å². The minimum absolute atomic E-state index is 0.0960. The summed E-state index contributed by atoms with van der Waals surface area (Å²) in [6.45, 7) is 3.69. The van der Waals surface area contributed by atoms with E-state index in [0.29, 0.717) is 54.1 Å². The summed E-state index contributed by atoms with van der Waals surface area (Å²) in [7, 11) is 0. The number of rotatable bonds is 5. The molecule has 0 saturated carbocycles. The molecule has 0 spiro atoms. The van der Waals surface area contributed by atoms with Crippen molar-refractivity contribution in [1.29, 1.82) is 0 Å².